The number of likely N-dealkylation sites (tertiary alicyclic amines) is 1. The monoisotopic (exact) mass is 410 g/mol. The highest BCUT2D eigenvalue weighted by atomic mass is 16.5. The summed E-state index contributed by atoms with van der Waals surface area (Å²) < 4.78 is 17.2. The minimum Gasteiger partial charge on any atom is -0.507 e. The number of nitrogens with one attached hydrogen (secondary N) is 1. The van der Waals surface area contributed by atoms with E-state index in [9.17, 15) is 9.90 Å². The molecule has 2 N–H and O–H groups in total. The van der Waals surface area contributed by atoms with Gasteiger partial charge in [0.25, 0.3) is 0 Å². The summed E-state index contributed by atoms with van der Waals surface area (Å²) in [5, 5.41) is 10.9. The first kappa shape index (κ1) is 20.3. The second-order valence-corrected chi connectivity index (χ2v) is 7.98. The van der Waals surface area contributed by atoms with E-state index in [2.05, 4.69) is 6.92 Å². The number of ether oxygens (including phenoxy) is 2. The zero-order valence-corrected chi connectivity index (χ0v) is 17.4. The largest absolute Gasteiger partial charge is 0.507 e. The molecule has 158 valence electrons. The van der Waals surface area contributed by atoms with E-state index in [4.69, 9.17) is 13.9 Å². The molecule has 3 aromatic rings. The molecule has 0 bridgehead atoms. The molecular formula is C24H28NO5+. The van der Waals surface area contributed by atoms with E-state index < -0.39 is 0 Å². The molecule has 30 heavy (non-hydrogen) atoms. The van der Waals surface area contributed by atoms with Crippen LogP contribution in [0.1, 0.15) is 32.3 Å². The van der Waals surface area contributed by atoms with Crippen molar-refractivity contribution in [1.82, 2.24) is 0 Å². The number of hydrogen-bond donors (Lipinski definition) is 2. The van der Waals surface area contributed by atoms with E-state index in [1.54, 1.807) is 24.3 Å². The third kappa shape index (κ3) is 4.14. The normalized spacial score (nSPS) is 19.0. The molecule has 6 heteroatoms. The van der Waals surface area contributed by atoms with E-state index in [0.717, 1.165) is 13.1 Å². The van der Waals surface area contributed by atoms with Crippen molar-refractivity contribution in [2.45, 2.75) is 33.2 Å². The van der Waals surface area contributed by atoms with Crippen LogP contribution in [0.5, 0.6) is 23.0 Å². The van der Waals surface area contributed by atoms with Gasteiger partial charge in [0.1, 0.15) is 18.6 Å². The second kappa shape index (κ2) is 8.79. The molecule has 0 saturated carbocycles. The van der Waals surface area contributed by atoms with Gasteiger partial charge in [0.05, 0.1) is 30.6 Å². The average molecular weight is 410 g/mol. The Bertz CT molecular complexity index is 1090. The van der Waals surface area contributed by atoms with Gasteiger partial charge in [0.15, 0.2) is 17.1 Å². The van der Waals surface area contributed by atoms with Gasteiger partial charge in [-0.15, -0.1) is 0 Å². The van der Waals surface area contributed by atoms with Crippen LogP contribution in [0.2, 0.25) is 0 Å². The predicted molar refractivity (Wildman–Crippen MR) is 115 cm³/mol. The van der Waals surface area contributed by atoms with Crippen LogP contribution in [-0.2, 0) is 6.54 Å². The number of fused-ring (bicyclic) bond motifs is 1. The minimum atomic E-state index is -0.272. The van der Waals surface area contributed by atoms with Gasteiger partial charge in [-0.2, -0.15) is 0 Å². The Morgan fingerprint density at radius 3 is 2.73 bits per heavy atom. The molecule has 0 aliphatic carbocycles. The molecule has 4 rings (SSSR count). The molecule has 1 aromatic heterocycles. The Labute approximate surface area is 175 Å². The first-order chi connectivity index (χ1) is 14.6. The minimum absolute atomic E-state index is 0.0882. The molecule has 0 spiro atoms. The molecular weight excluding hydrogens is 382 g/mol. The van der Waals surface area contributed by atoms with Crippen LogP contribution >= 0.6 is 0 Å². The highest BCUT2D eigenvalue weighted by Crippen LogP contribution is 2.32. The maximum atomic E-state index is 13.1. The highest BCUT2D eigenvalue weighted by molar-refractivity contribution is 5.82. The van der Waals surface area contributed by atoms with Crippen LogP contribution < -0.4 is 19.8 Å². The topological polar surface area (TPSA) is 73.3 Å². The van der Waals surface area contributed by atoms with Crippen LogP contribution in [0.25, 0.3) is 11.0 Å². The van der Waals surface area contributed by atoms with Gasteiger partial charge in [0, 0.05) is 5.92 Å². The summed E-state index contributed by atoms with van der Waals surface area (Å²) >= 11 is 0. The second-order valence-electron chi connectivity index (χ2n) is 7.98. The summed E-state index contributed by atoms with van der Waals surface area (Å²) in [5.41, 5.74) is 0.831. The van der Waals surface area contributed by atoms with E-state index in [-0.39, 0.29) is 16.9 Å². The number of rotatable bonds is 6. The predicted octanol–water partition coefficient (Wildman–Crippen LogP) is 3.50. The molecule has 0 amide bonds. The SMILES string of the molecule is CCOc1ccccc1Oc1coc2c(C[NH+]3CCC[C@@H](C)C3)c(O)ccc2c1=O. The Morgan fingerprint density at radius 1 is 1.17 bits per heavy atom. The first-order valence-electron chi connectivity index (χ1n) is 10.6. The van der Waals surface area contributed by atoms with Crippen LogP contribution in [0.4, 0.5) is 0 Å². The molecule has 2 heterocycles. The molecule has 6 nitrogen and oxygen atoms in total. The number of para-hydroxylation sites is 2. The Hall–Kier alpha value is -2.99. The summed E-state index contributed by atoms with van der Waals surface area (Å²) in [7, 11) is 0. The molecule has 1 aliphatic rings. The maximum absolute atomic E-state index is 13.1. The zero-order valence-electron chi connectivity index (χ0n) is 17.4. The Morgan fingerprint density at radius 2 is 1.97 bits per heavy atom. The van der Waals surface area contributed by atoms with Gasteiger partial charge in [-0.05, 0) is 44.0 Å². The van der Waals surface area contributed by atoms with E-state index >= 15 is 0 Å². The molecule has 0 radical (unpaired) electrons. The van der Waals surface area contributed by atoms with Crippen molar-refractivity contribution in [3.63, 3.8) is 0 Å². The zero-order chi connectivity index (χ0) is 21.1. The van der Waals surface area contributed by atoms with Gasteiger partial charge < -0.3 is 23.9 Å². The van der Waals surface area contributed by atoms with Crippen molar-refractivity contribution >= 4 is 11.0 Å². The van der Waals surface area contributed by atoms with Crippen molar-refractivity contribution < 1.29 is 23.9 Å². The smallest absolute Gasteiger partial charge is 0.235 e. The third-order valence-electron chi connectivity index (χ3n) is 5.65. The van der Waals surface area contributed by atoms with Gasteiger partial charge in [-0.3, -0.25) is 4.79 Å². The lowest BCUT2D eigenvalue weighted by molar-refractivity contribution is -0.922. The summed E-state index contributed by atoms with van der Waals surface area (Å²) in [6, 6.07) is 10.4. The molecule has 2 atom stereocenters. The van der Waals surface area contributed by atoms with Crippen LogP contribution in [0, 0.1) is 5.92 Å². The Kier molecular flexibility index (Phi) is 5.95. The van der Waals surface area contributed by atoms with E-state index in [0.29, 0.717) is 47.1 Å². The van der Waals surface area contributed by atoms with Gasteiger partial charge in [-0.25, -0.2) is 0 Å². The number of aromatic hydroxyl groups is 1. The summed E-state index contributed by atoms with van der Waals surface area (Å²) in [6.45, 7) is 7.37. The summed E-state index contributed by atoms with van der Waals surface area (Å²) in [5.74, 6) is 1.92. The molecule has 1 fully saturated rings. The lowest BCUT2D eigenvalue weighted by atomic mass is 9.99. The lowest BCUT2D eigenvalue weighted by Crippen LogP contribution is -3.12. The van der Waals surface area contributed by atoms with Crippen molar-refractivity contribution in [2.75, 3.05) is 19.7 Å². The summed E-state index contributed by atoms with van der Waals surface area (Å²) in [6.07, 6.45) is 3.73. The standard InChI is InChI=1S/C24H27NO5/c1-3-28-20-8-4-5-9-21(20)30-22-15-29-24-17(23(22)27)10-11-19(26)18(24)14-25-12-6-7-16(2)13-25/h4-5,8-11,15-16,26H,3,6-7,12-14H2,1-2H3/p+1/t16-/m1/s1. The number of benzene rings is 2. The summed E-state index contributed by atoms with van der Waals surface area (Å²) in [4.78, 5) is 14.5. The molecule has 1 saturated heterocycles. The van der Waals surface area contributed by atoms with Crippen molar-refractivity contribution in [1.29, 1.82) is 0 Å². The van der Waals surface area contributed by atoms with Crippen molar-refractivity contribution in [2.24, 2.45) is 5.92 Å². The number of hydrogen-bond acceptors (Lipinski definition) is 5. The van der Waals surface area contributed by atoms with Gasteiger partial charge in [-0.1, -0.05) is 19.1 Å². The van der Waals surface area contributed by atoms with Crippen LogP contribution in [0.15, 0.2) is 51.9 Å². The van der Waals surface area contributed by atoms with Crippen LogP contribution in [-0.4, -0.2) is 24.8 Å². The number of quaternary nitrogens is 1. The maximum Gasteiger partial charge on any atom is 0.235 e. The molecule has 2 aromatic carbocycles. The van der Waals surface area contributed by atoms with Crippen molar-refractivity contribution in [3.05, 3.63) is 58.4 Å². The fourth-order valence-electron chi connectivity index (χ4n) is 4.21. The quantitative estimate of drug-likeness (QED) is 0.651. The van der Waals surface area contributed by atoms with E-state index in [1.165, 1.54) is 24.0 Å². The molecule has 1 unspecified atom stereocenters. The number of phenolic OH excluding ortho intramolecular Hbond substituents is 1. The Balaban J connectivity index is 1.68. The highest BCUT2D eigenvalue weighted by Gasteiger charge is 2.24. The number of phenols is 1. The fraction of sp³-hybridized carbons (Fsp3) is 0.375. The lowest BCUT2D eigenvalue weighted by Gasteiger charge is -2.28. The number of piperidine rings is 1. The van der Waals surface area contributed by atoms with Gasteiger partial charge in [0.2, 0.25) is 11.2 Å². The van der Waals surface area contributed by atoms with Gasteiger partial charge >= 0.3 is 0 Å². The average Bonchev–Trinajstić information content (AvgIpc) is 2.74. The van der Waals surface area contributed by atoms with Crippen LogP contribution in [0.3, 0.4) is 0 Å². The fourth-order valence-corrected chi connectivity index (χ4v) is 4.21. The van der Waals surface area contributed by atoms with Crippen molar-refractivity contribution in [3.8, 4) is 23.0 Å². The third-order valence-corrected chi connectivity index (χ3v) is 5.65. The molecule has 1 aliphatic heterocycles. The van der Waals surface area contributed by atoms with E-state index in [1.807, 2.05) is 19.1 Å². The first-order valence-corrected chi connectivity index (χ1v) is 10.6.